The third kappa shape index (κ3) is 3.45. The second-order valence-electron chi connectivity index (χ2n) is 5.55. The first-order chi connectivity index (χ1) is 8.66. The smallest absolute Gasteiger partial charge is 0.0694 e. The first-order valence-corrected chi connectivity index (χ1v) is 7.08. The molecule has 1 aromatic rings. The molecule has 1 heterocycles. The Morgan fingerprint density at radius 1 is 1.44 bits per heavy atom. The summed E-state index contributed by atoms with van der Waals surface area (Å²) in [7, 11) is 2.00. The Balaban J connectivity index is 1.79. The minimum atomic E-state index is 0.501. The molecule has 0 aromatic carbocycles. The van der Waals surface area contributed by atoms with Crippen LogP contribution in [0.3, 0.4) is 0 Å². The van der Waals surface area contributed by atoms with Gasteiger partial charge in [0, 0.05) is 25.4 Å². The summed E-state index contributed by atoms with van der Waals surface area (Å²) >= 11 is 0. The zero-order valence-corrected chi connectivity index (χ0v) is 11.9. The van der Waals surface area contributed by atoms with Crippen LogP contribution in [0.25, 0.3) is 0 Å². The van der Waals surface area contributed by atoms with Gasteiger partial charge in [0.25, 0.3) is 0 Å². The molecule has 0 unspecified atom stereocenters. The molecule has 100 valence electrons. The zero-order chi connectivity index (χ0) is 13.0. The second-order valence-corrected chi connectivity index (χ2v) is 5.55. The third-order valence-corrected chi connectivity index (χ3v) is 3.56. The maximum absolute atomic E-state index is 4.53. The van der Waals surface area contributed by atoms with Gasteiger partial charge >= 0.3 is 0 Å². The highest BCUT2D eigenvalue weighted by Crippen LogP contribution is 2.20. The molecule has 0 fully saturated rings. The van der Waals surface area contributed by atoms with Gasteiger partial charge in [-0.2, -0.15) is 5.10 Å². The van der Waals surface area contributed by atoms with Crippen molar-refractivity contribution in [3.05, 3.63) is 29.1 Å². The number of nitrogens with one attached hydrogen (secondary N) is 1. The van der Waals surface area contributed by atoms with Crippen LogP contribution in [-0.4, -0.2) is 16.3 Å². The average Bonchev–Trinajstić information content (AvgIpc) is 2.93. The molecular formula is C15H25N3. The lowest BCUT2D eigenvalue weighted by Crippen LogP contribution is -2.16. The molecule has 0 saturated heterocycles. The van der Waals surface area contributed by atoms with Crippen molar-refractivity contribution < 1.29 is 0 Å². The Bertz CT molecular complexity index is 415. The topological polar surface area (TPSA) is 29.9 Å². The highest BCUT2D eigenvalue weighted by molar-refractivity contribution is 5.20. The van der Waals surface area contributed by atoms with E-state index in [9.17, 15) is 0 Å². The van der Waals surface area contributed by atoms with Crippen LogP contribution in [0, 0.1) is 0 Å². The summed E-state index contributed by atoms with van der Waals surface area (Å²) < 4.78 is 1.92. The molecule has 0 spiro atoms. The molecule has 1 aliphatic rings. The number of hydrogen-bond donors (Lipinski definition) is 1. The molecule has 18 heavy (non-hydrogen) atoms. The molecule has 0 aliphatic heterocycles. The number of hydrogen-bond acceptors (Lipinski definition) is 2. The van der Waals surface area contributed by atoms with E-state index in [1.165, 1.54) is 36.9 Å². The van der Waals surface area contributed by atoms with Gasteiger partial charge in [0.1, 0.15) is 0 Å². The standard InChI is InChI=1S/C15H25N3/c1-12(2)15-14(11-18(3)17-15)10-16-9-8-13-6-4-5-7-13/h6,11-12,16H,4-5,7-10H2,1-3H3. The van der Waals surface area contributed by atoms with E-state index in [0.29, 0.717) is 5.92 Å². The van der Waals surface area contributed by atoms with Crippen LogP contribution in [-0.2, 0) is 13.6 Å². The summed E-state index contributed by atoms with van der Waals surface area (Å²) in [4.78, 5) is 0. The van der Waals surface area contributed by atoms with E-state index < -0.39 is 0 Å². The predicted octanol–water partition coefficient (Wildman–Crippen LogP) is 3.13. The summed E-state index contributed by atoms with van der Waals surface area (Å²) in [6.07, 6.45) is 9.70. The molecule has 0 saturated carbocycles. The van der Waals surface area contributed by atoms with Crippen LogP contribution < -0.4 is 5.32 Å². The number of allylic oxidation sites excluding steroid dienone is 1. The largest absolute Gasteiger partial charge is 0.312 e. The quantitative estimate of drug-likeness (QED) is 0.618. The van der Waals surface area contributed by atoms with Gasteiger partial charge in [-0.05, 0) is 38.1 Å². The van der Waals surface area contributed by atoms with Crippen molar-refractivity contribution >= 4 is 0 Å². The summed E-state index contributed by atoms with van der Waals surface area (Å²) in [6.45, 7) is 6.43. The van der Waals surface area contributed by atoms with Gasteiger partial charge < -0.3 is 5.32 Å². The summed E-state index contributed by atoms with van der Waals surface area (Å²) in [5.74, 6) is 0.501. The lowest BCUT2D eigenvalue weighted by molar-refractivity contribution is 0.665. The van der Waals surface area contributed by atoms with E-state index in [1.807, 2.05) is 11.7 Å². The number of nitrogens with zero attached hydrogens (tertiary/aromatic N) is 2. The SMILES string of the molecule is CC(C)c1nn(C)cc1CNCCC1=CCCC1. The zero-order valence-electron chi connectivity index (χ0n) is 11.9. The van der Waals surface area contributed by atoms with Gasteiger partial charge in [0.15, 0.2) is 0 Å². The summed E-state index contributed by atoms with van der Waals surface area (Å²) in [5, 5.41) is 8.07. The predicted molar refractivity (Wildman–Crippen MR) is 75.6 cm³/mol. The van der Waals surface area contributed by atoms with E-state index in [-0.39, 0.29) is 0 Å². The van der Waals surface area contributed by atoms with Crippen molar-refractivity contribution in [1.82, 2.24) is 15.1 Å². The Kier molecular flexibility index (Phi) is 4.59. The first-order valence-electron chi connectivity index (χ1n) is 7.08. The van der Waals surface area contributed by atoms with Crippen molar-refractivity contribution in [3.63, 3.8) is 0 Å². The molecule has 3 nitrogen and oxygen atoms in total. The van der Waals surface area contributed by atoms with Crippen LogP contribution >= 0.6 is 0 Å². The normalized spacial score (nSPS) is 15.4. The van der Waals surface area contributed by atoms with Crippen LogP contribution in [0.15, 0.2) is 17.8 Å². The summed E-state index contributed by atoms with van der Waals surface area (Å²) in [6, 6.07) is 0. The van der Waals surface area contributed by atoms with Gasteiger partial charge in [0.05, 0.1) is 5.69 Å². The molecule has 1 aliphatic carbocycles. The Morgan fingerprint density at radius 3 is 2.94 bits per heavy atom. The van der Waals surface area contributed by atoms with Gasteiger partial charge in [0.2, 0.25) is 0 Å². The van der Waals surface area contributed by atoms with Crippen LogP contribution in [0.1, 0.15) is 56.7 Å². The van der Waals surface area contributed by atoms with Crippen LogP contribution in [0.4, 0.5) is 0 Å². The molecule has 0 radical (unpaired) electrons. The lowest BCUT2D eigenvalue weighted by atomic mass is 10.1. The lowest BCUT2D eigenvalue weighted by Gasteiger charge is -2.07. The number of aromatic nitrogens is 2. The van der Waals surface area contributed by atoms with Gasteiger partial charge in [-0.1, -0.05) is 25.5 Å². The average molecular weight is 247 g/mol. The maximum Gasteiger partial charge on any atom is 0.0694 e. The van der Waals surface area contributed by atoms with E-state index in [2.05, 4.69) is 36.5 Å². The van der Waals surface area contributed by atoms with E-state index >= 15 is 0 Å². The highest BCUT2D eigenvalue weighted by Gasteiger charge is 2.11. The fourth-order valence-corrected chi connectivity index (χ4v) is 2.61. The fourth-order valence-electron chi connectivity index (χ4n) is 2.61. The number of aryl methyl sites for hydroxylation is 1. The minimum absolute atomic E-state index is 0.501. The molecule has 3 heteroatoms. The minimum Gasteiger partial charge on any atom is -0.312 e. The third-order valence-electron chi connectivity index (χ3n) is 3.56. The highest BCUT2D eigenvalue weighted by atomic mass is 15.3. The van der Waals surface area contributed by atoms with Crippen molar-refractivity contribution in [3.8, 4) is 0 Å². The summed E-state index contributed by atoms with van der Waals surface area (Å²) in [5.41, 5.74) is 4.20. The van der Waals surface area contributed by atoms with Gasteiger partial charge in [-0.15, -0.1) is 0 Å². The molecule has 1 N–H and O–H groups in total. The van der Waals surface area contributed by atoms with Gasteiger partial charge in [-0.25, -0.2) is 0 Å². The number of rotatable bonds is 6. The van der Waals surface area contributed by atoms with Crippen molar-refractivity contribution in [2.45, 2.75) is 52.0 Å². The van der Waals surface area contributed by atoms with Crippen molar-refractivity contribution in [2.24, 2.45) is 7.05 Å². The molecule has 0 bridgehead atoms. The maximum atomic E-state index is 4.53. The van der Waals surface area contributed by atoms with Gasteiger partial charge in [-0.3, -0.25) is 4.68 Å². The van der Waals surface area contributed by atoms with E-state index in [1.54, 1.807) is 5.57 Å². The first kappa shape index (κ1) is 13.3. The monoisotopic (exact) mass is 247 g/mol. The second kappa shape index (κ2) is 6.19. The molecule has 0 amide bonds. The molecule has 2 rings (SSSR count). The van der Waals surface area contributed by atoms with Crippen molar-refractivity contribution in [2.75, 3.05) is 6.54 Å². The Morgan fingerprint density at radius 2 is 2.28 bits per heavy atom. The fraction of sp³-hybridized carbons (Fsp3) is 0.667. The van der Waals surface area contributed by atoms with Crippen LogP contribution in [0.2, 0.25) is 0 Å². The Hall–Kier alpha value is -1.09. The van der Waals surface area contributed by atoms with Crippen LogP contribution in [0.5, 0.6) is 0 Å². The molecular weight excluding hydrogens is 222 g/mol. The Labute approximate surface area is 110 Å². The molecule has 0 atom stereocenters. The molecule has 1 aromatic heterocycles. The van der Waals surface area contributed by atoms with E-state index in [4.69, 9.17) is 0 Å². The van der Waals surface area contributed by atoms with Crippen molar-refractivity contribution in [1.29, 1.82) is 0 Å². The van der Waals surface area contributed by atoms with E-state index in [0.717, 1.165) is 13.1 Å².